The van der Waals surface area contributed by atoms with Crippen molar-refractivity contribution < 1.29 is 4.79 Å². The fourth-order valence-electron chi connectivity index (χ4n) is 1.98. The van der Waals surface area contributed by atoms with E-state index < -0.39 is 0 Å². The van der Waals surface area contributed by atoms with Crippen LogP contribution in [-0.4, -0.2) is 90.7 Å². The number of nitrogens with zero attached hydrogens (tertiary/aromatic N) is 4. The number of carbonyl (C=O) groups excluding carboxylic acids is 1. The van der Waals surface area contributed by atoms with Crippen LogP contribution >= 0.6 is 11.9 Å². The number of amides is 2. The molecule has 6 heteroatoms. The van der Waals surface area contributed by atoms with Crippen LogP contribution in [0, 0.1) is 0 Å². The van der Waals surface area contributed by atoms with E-state index in [2.05, 4.69) is 22.5 Å². The quantitative estimate of drug-likeness (QED) is 0.713. The molecule has 0 atom stereocenters. The van der Waals surface area contributed by atoms with Crippen molar-refractivity contribution in [3.05, 3.63) is 0 Å². The fourth-order valence-corrected chi connectivity index (χ4v) is 2.24. The molecular formula is C13H28N4OS. The van der Waals surface area contributed by atoms with Gasteiger partial charge in [0.05, 0.1) is 0 Å². The molecule has 0 aliphatic carbocycles. The molecule has 0 saturated carbocycles. The average molecular weight is 288 g/mol. The number of likely N-dealkylation sites (N-methyl/N-ethyl adjacent to an activating group) is 1. The molecule has 1 aliphatic rings. The first kappa shape index (κ1) is 16.6. The Labute approximate surface area is 122 Å². The van der Waals surface area contributed by atoms with Crippen molar-refractivity contribution >= 4 is 18.0 Å². The maximum Gasteiger partial charge on any atom is 0.320 e. The molecule has 19 heavy (non-hydrogen) atoms. The number of rotatable bonds is 5. The van der Waals surface area contributed by atoms with Crippen LogP contribution in [0.25, 0.3) is 0 Å². The van der Waals surface area contributed by atoms with Gasteiger partial charge in [0, 0.05) is 52.4 Å². The van der Waals surface area contributed by atoms with Gasteiger partial charge in [0.2, 0.25) is 0 Å². The lowest BCUT2D eigenvalue weighted by Crippen LogP contribution is -2.53. The fraction of sp³-hybridized carbons (Fsp3) is 0.923. The van der Waals surface area contributed by atoms with Crippen LogP contribution in [0.15, 0.2) is 0 Å². The predicted octanol–water partition coefficient (Wildman–Crippen LogP) is 1.27. The Kier molecular flexibility index (Phi) is 6.96. The lowest BCUT2D eigenvalue weighted by Gasteiger charge is -2.37. The first-order valence-electron chi connectivity index (χ1n) is 6.95. The minimum Gasteiger partial charge on any atom is -0.325 e. The van der Waals surface area contributed by atoms with E-state index >= 15 is 0 Å². The summed E-state index contributed by atoms with van der Waals surface area (Å²) in [7, 11) is 3.99. The van der Waals surface area contributed by atoms with Gasteiger partial charge in [0.15, 0.2) is 0 Å². The Morgan fingerprint density at radius 1 is 1.21 bits per heavy atom. The Morgan fingerprint density at radius 2 is 1.79 bits per heavy atom. The van der Waals surface area contributed by atoms with Crippen LogP contribution in [0.4, 0.5) is 4.79 Å². The van der Waals surface area contributed by atoms with Gasteiger partial charge in [0.1, 0.15) is 0 Å². The Hall–Kier alpha value is -0.460. The maximum absolute atomic E-state index is 12.2. The van der Waals surface area contributed by atoms with E-state index in [0.717, 1.165) is 39.3 Å². The largest absolute Gasteiger partial charge is 0.325 e. The molecule has 112 valence electrons. The monoisotopic (exact) mass is 288 g/mol. The highest BCUT2D eigenvalue weighted by molar-refractivity contribution is 7.96. The lowest BCUT2D eigenvalue weighted by atomic mass is 10.3. The first-order chi connectivity index (χ1) is 8.95. The second-order valence-electron chi connectivity index (χ2n) is 5.35. The molecule has 0 N–H and O–H groups in total. The average Bonchev–Trinajstić information content (AvgIpc) is 2.43. The third-order valence-corrected chi connectivity index (χ3v) is 4.57. The lowest BCUT2D eigenvalue weighted by molar-refractivity contribution is 0.111. The van der Waals surface area contributed by atoms with E-state index in [0.29, 0.717) is 0 Å². The van der Waals surface area contributed by atoms with Gasteiger partial charge in [0.25, 0.3) is 0 Å². The number of urea groups is 1. The third kappa shape index (κ3) is 5.20. The van der Waals surface area contributed by atoms with Crippen molar-refractivity contribution in [3.8, 4) is 0 Å². The van der Waals surface area contributed by atoms with Gasteiger partial charge in [-0.3, -0.25) is 9.21 Å². The van der Waals surface area contributed by atoms with E-state index in [9.17, 15) is 4.79 Å². The van der Waals surface area contributed by atoms with E-state index in [1.54, 1.807) is 11.9 Å². The smallest absolute Gasteiger partial charge is 0.320 e. The SMILES string of the molecule is CSN(C)CCN1CCN(C(=O)N(C)C(C)C)CC1. The highest BCUT2D eigenvalue weighted by Gasteiger charge is 2.24. The van der Waals surface area contributed by atoms with Crippen LogP contribution in [0.1, 0.15) is 13.8 Å². The Balaban J connectivity index is 2.30. The van der Waals surface area contributed by atoms with Crippen molar-refractivity contribution in [2.45, 2.75) is 19.9 Å². The molecule has 1 heterocycles. The summed E-state index contributed by atoms with van der Waals surface area (Å²) in [6.07, 6.45) is 2.10. The van der Waals surface area contributed by atoms with Gasteiger partial charge >= 0.3 is 6.03 Å². The van der Waals surface area contributed by atoms with Crippen molar-refractivity contribution in [1.29, 1.82) is 0 Å². The predicted molar refractivity (Wildman–Crippen MR) is 82.5 cm³/mol. The summed E-state index contributed by atoms with van der Waals surface area (Å²) in [5, 5.41) is 0. The molecule has 0 bridgehead atoms. The van der Waals surface area contributed by atoms with Crippen molar-refractivity contribution in [2.75, 3.05) is 59.6 Å². The number of hydrogen-bond donors (Lipinski definition) is 0. The number of hydrogen-bond acceptors (Lipinski definition) is 4. The molecular weight excluding hydrogens is 260 g/mol. The first-order valence-corrected chi connectivity index (χ1v) is 8.13. The second kappa shape index (κ2) is 7.97. The Morgan fingerprint density at radius 3 is 2.26 bits per heavy atom. The molecule has 1 saturated heterocycles. The molecule has 5 nitrogen and oxygen atoms in total. The third-order valence-electron chi connectivity index (χ3n) is 3.76. The van der Waals surface area contributed by atoms with Crippen molar-refractivity contribution in [2.24, 2.45) is 0 Å². The zero-order chi connectivity index (χ0) is 14.4. The van der Waals surface area contributed by atoms with Gasteiger partial charge in [-0.15, -0.1) is 0 Å². The maximum atomic E-state index is 12.2. The highest BCUT2D eigenvalue weighted by Crippen LogP contribution is 2.08. The topological polar surface area (TPSA) is 30.0 Å². The van der Waals surface area contributed by atoms with Gasteiger partial charge in [-0.25, -0.2) is 4.79 Å². The summed E-state index contributed by atoms with van der Waals surface area (Å²) in [4.78, 5) is 18.4. The van der Waals surface area contributed by atoms with Crippen LogP contribution in [0.5, 0.6) is 0 Å². The van der Waals surface area contributed by atoms with Crippen molar-refractivity contribution in [1.82, 2.24) is 19.0 Å². The van der Waals surface area contributed by atoms with Gasteiger partial charge in [-0.1, -0.05) is 11.9 Å². The van der Waals surface area contributed by atoms with Crippen LogP contribution in [-0.2, 0) is 0 Å². The normalized spacial score (nSPS) is 17.3. The van der Waals surface area contributed by atoms with Gasteiger partial charge in [-0.05, 0) is 27.2 Å². The zero-order valence-electron chi connectivity index (χ0n) is 12.9. The molecule has 1 rings (SSSR count). The minimum atomic E-state index is 0.163. The van der Waals surface area contributed by atoms with E-state index in [-0.39, 0.29) is 12.1 Å². The standard InChI is InChI=1S/C13H28N4OS/c1-12(2)15(4)13(18)17-10-8-16(9-11-17)7-6-14(3)19-5/h12H,6-11H2,1-5H3. The molecule has 0 unspecified atom stereocenters. The van der Waals surface area contributed by atoms with Crippen LogP contribution in [0.3, 0.4) is 0 Å². The molecule has 0 aromatic rings. The van der Waals surface area contributed by atoms with Crippen molar-refractivity contribution in [3.63, 3.8) is 0 Å². The van der Waals surface area contributed by atoms with Gasteiger partial charge in [-0.2, -0.15) is 0 Å². The Bertz CT molecular complexity index is 280. The number of carbonyl (C=O) groups is 1. The number of piperazine rings is 1. The summed E-state index contributed by atoms with van der Waals surface area (Å²) in [5.74, 6) is 0. The summed E-state index contributed by atoms with van der Waals surface area (Å²) in [6, 6.07) is 0.427. The molecule has 0 aromatic heterocycles. The molecule has 0 aromatic carbocycles. The summed E-state index contributed by atoms with van der Waals surface area (Å²) < 4.78 is 2.24. The minimum absolute atomic E-state index is 0.163. The van der Waals surface area contributed by atoms with Crippen LogP contribution < -0.4 is 0 Å². The molecule has 0 radical (unpaired) electrons. The summed E-state index contributed by atoms with van der Waals surface area (Å²) in [5.41, 5.74) is 0. The van der Waals surface area contributed by atoms with E-state index in [1.165, 1.54) is 0 Å². The summed E-state index contributed by atoms with van der Waals surface area (Å²) >= 11 is 1.76. The highest BCUT2D eigenvalue weighted by atomic mass is 32.2. The molecule has 1 fully saturated rings. The van der Waals surface area contributed by atoms with Gasteiger partial charge < -0.3 is 9.80 Å². The van der Waals surface area contributed by atoms with E-state index in [1.807, 2.05) is 30.7 Å². The molecule has 0 spiro atoms. The zero-order valence-corrected chi connectivity index (χ0v) is 13.7. The van der Waals surface area contributed by atoms with E-state index in [4.69, 9.17) is 0 Å². The molecule has 1 aliphatic heterocycles. The second-order valence-corrected chi connectivity index (χ2v) is 6.34. The summed E-state index contributed by atoms with van der Waals surface area (Å²) in [6.45, 7) is 9.91. The van der Waals surface area contributed by atoms with Crippen LogP contribution in [0.2, 0.25) is 0 Å². The molecule has 2 amide bonds.